The van der Waals surface area contributed by atoms with Crippen LogP contribution in [0.15, 0.2) is 47.8 Å². The number of Topliss-reactive ketones (excluding diaryl/α,β-unsaturated/α-hetero) is 2. The monoisotopic (exact) mass is 509 g/mol. The van der Waals surface area contributed by atoms with Crippen LogP contribution >= 0.6 is 22.7 Å². The number of nitrogens with zero attached hydrogens (tertiary/aromatic N) is 3. The van der Waals surface area contributed by atoms with E-state index in [1.807, 2.05) is 47.8 Å². The number of morpholine rings is 1. The van der Waals surface area contributed by atoms with Gasteiger partial charge in [0.05, 0.1) is 29.8 Å². The number of ketones is 2. The molecule has 2 unspecified atom stereocenters. The molecule has 0 spiro atoms. The average Bonchev–Trinajstić information content (AvgIpc) is 3.60. The normalized spacial score (nSPS) is 21.1. The van der Waals surface area contributed by atoms with Crippen molar-refractivity contribution in [3.05, 3.63) is 63.3 Å². The Bertz CT molecular complexity index is 1200. The van der Waals surface area contributed by atoms with Crippen LogP contribution < -0.4 is 0 Å². The molecule has 35 heavy (non-hydrogen) atoms. The van der Waals surface area contributed by atoms with E-state index in [-0.39, 0.29) is 5.78 Å². The second-order valence-electron chi connectivity index (χ2n) is 8.77. The zero-order valence-electron chi connectivity index (χ0n) is 19.5. The van der Waals surface area contributed by atoms with Crippen LogP contribution in [0.25, 0.3) is 10.6 Å². The molecule has 1 aromatic carbocycles. The molecule has 9 heteroatoms. The third kappa shape index (κ3) is 4.86. The summed E-state index contributed by atoms with van der Waals surface area (Å²) in [5, 5.41) is 2.65. The number of aryl methyl sites for hydroxylation is 1. The number of benzene rings is 1. The van der Waals surface area contributed by atoms with E-state index in [2.05, 4.69) is 9.88 Å². The van der Waals surface area contributed by atoms with Crippen molar-refractivity contribution in [3.8, 4) is 10.6 Å². The van der Waals surface area contributed by atoms with E-state index in [0.717, 1.165) is 41.5 Å². The molecule has 0 N–H and O–H groups in total. The molecule has 5 rings (SSSR count). The van der Waals surface area contributed by atoms with E-state index in [1.165, 1.54) is 22.7 Å². The van der Waals surface area contributed by atoms with Crippen molar-refractivity contribution in [3.63, 3.8) is 0 Å². The lowest BCUT2D eigenvalue weighted by atomic mass is 9.92. The number of ether oxygens (including phenoxy) is 1. The summed E-state index contributed by atoms with van der Waals surface area (Å²) < 4.78 is 5.41. The Labute approximate surface area is 212 Å². The van der Waals surface area contributed by atoms with Gasteiger partial charge in [0.1, 0.15) is 10.9 Å². The van der Waals surface area contributed by atoms with Crippen molar-refractivity contribution < 1.29 is 19.1 Å². The van der Waals surface area contributed by atoms with Crippen molar-refractivity contribution in [2.45, 2.75) is 19.4 Å². The number of thiophene rings is 1. The molecule has 182 valence electrons. The van der Waals surface area contributed by atoms with Gasteiger partial charge >= 0.3 is 0 Å². The molecular formula is C26H27N3O4S2. The minimum absolute atomic E-state index is 0.311. The zero-order valence-corrected chi connectivity index (χ0v) is 21.1. The second-order valence-corrected chi connectivity index (χ2v) is 10.8. The molecule has 4 heterocycles. The largest absolute Gasteiger partial charge is 0.379 e. The Balaban J connectivity index is 1.40. The number of carbonyl (C=O) groups excluding carboxylic acids is 3. The zero-order chi connectivity index (χ0) is 24.4. The summed E-state index contributed by atoms with van der Waals surface area (Å²) in [6.07, 6.45) is 0.736. The summed E-state index contributed by atoms with van der Waals surface area (Å²) in [4.78, 5) is 50.0. The van der Waals surface area contributed by atoms with Crippen molar-refractivity contribution in [2.75, 3.05) is 39.4 Å². The van der Waals surface area contributed by atoms with E-state index in [9.17, 15) is 14.4 Å². The summed E-state index contributed by atoms with van der Waals surface area (Å²) in [6, 6.07) is 12.9. The lowest BCUT2D eigenvalue weighted by Gasteiger charge is -2.29. The van der Waals surface area contributed by atoms with Crippen molar-refractivity contribution >= 4 is 40.1 Å². The molecule has 2 aliphatic heterocycles. The maximum atomic E-state index is 13.8. The molecule has 7 nitrogen and oxygen atoms in total. The van der Waals surface area contributed by atoms with Gasteiger partial charge in [-0.2, -0.15) is 0 Å². The van der Waals surface area contributed by atoms with Crippen LogP contribution in [0.3, 0.4) is 0 Å². The first-order valence-corrected chi connectivity index (χ1v) is 13.5. The summed E-state index contributed by atoms with van der Waals surface area (Å²) in [7, 11) is 0. The van der Waals surface area contributed by atoms with Crippen molar-refractivity contribution in [2.24, 2.45) is 5.92 Å². The fourth-order valence-electron chi connectivity index (χ4n) is 4.76. The van der Waals surface area contributed by atoms with Gasteiger partial charge in [0.15, 0.2) is 5.78 Å². The van der Waals surface area contributed by atoms with Crippen molar-refractivity contribution in [1.29, 1.82) is 0 Å². The van der Waals surface area contributed by atoms with Gasteiger partial charge in [-0.15, -0.1) is 22.7 Å². The Morgan fingerprint density at radius 1 is 1.09 bits per heavy atom. The highest BCUT2D eigenvalue weighted by molar-refractivity contribution is 7.17. The number of aromatic nitrogens is 1. The Morgan fingerprint density at radius 3 is 2.57 bits per heavy atom. The topological polar surface area (TPSA) is 79.8 Å². The number of amides is 1. The smallest absolute Gasteiger partial charge is 0.291 e. The first kappa shape index (κ1) is 24.0. The van der Waals surface area contributed by atoms with Crippen LogP contribution in [0.5, 0.6) is 0 Å². The standard InChI is InChI=1S/C26H27N3O4S2/c1-17-24(35-25(27-17)18-7-3-2-4-8-18)22(30)20-21(19-9-5-16-34-19)29(26(32)23(20)31)11-6-10-28-12-14-33-15-13-28/h2-5,7-9,16,20-21H,6,10-15H2,1H3. The molecule has 2 fully saturated rings. The molecule has 0 saturated carbocycles. The molecule has 0 bridgehead atoms. The molecule has 3 aromatic rings. The molecule has 0 radical (unpaired) electrons. The third-order valence-corrected chi connectivity index (χ3v) is 8.70. The number of hydrogen-bond acceptors (Lipinski definition) is 8. The van der Waals surface area contributed by atoms with Gasteiger partial charge in [-0.1, -0.05) is 36.4 Å². The number of likely N-dealkylation sites (tertiary alicyclic amines) is 1. The fourth-order valence-corrected chi connectivity index (χ4v) is 6.69. The van der Waals surface area contributed by atoms with Crippen LogP contribution in [0.4, 0.5) is 0 Å². The lowest BCUT2D eigenvalue weighted by molar-refractivity contribution is -0.140. The first-order valence-electron chi connectivity index (χ1n) is 11.8. The molecule has 2 aliphatic rings. The highest BCUT2D eigenvalue weighted by Crippen LogP contribution is 2.41. The minimum atomic E-state index is -1.05. The number of carbonyl (C=O) groups is 3. The predicted octanol–water partition coefficient (Wildman–Crippen LogP) is 3.85. The first-order chi connectivity index (χ1) is 17.0. The van der Waals surface area contributed by atoms with E-state index >= 15 is 0 Å². The van der Waals surface area contributed by atoms with Crippen LogP contribution in [0.2, 0.25) is 0 Å². The molecule has 1 amide bonds. The Hall–Kier alpha value is -2.72. The van der Waals surface area contributed by atoms with E-state index in [0.29, 0.717) is 30.3 Å². The molecule has 2 atom stereocenters. The highest BCUT2D eigenvalue weighted by atomic mass is 32.1. The van der Waals surface area contributed by atoms with Crippen LogP contribution in [0, 0.1) is 12.8 Å². The van der Waals surface area contributed by atoms with Gasteiger partial charge in [-0.3, -0.25) is 19.3 Å². The summed E-state index contributed by atoms with van der Waals surface area (Å²) in [6.45, 7) is 6.23. The Kier molecular flexibility index (Phi) is 7.19. The maximum Gasteiger partial charge on any atom is 0.291 e. The lowest BCUT2D eigenvalue weighted by Crippen LogP contribution is -2.39. The average molecular weight is 510 g/mol. The van der Waals surface area contributed by atoms with E-state index in [1.54, 1.807) is 11.8 Å². The SMILES string of the molecule is Cc1nc(-c2ccccc2)sc1C(=O)C1C(=O)C(=O)N(CCCN2CCOCC2)C1c1cccs1. The van der Waals surface area contributed by atoms with E-state index in [4.69, 9.17) is 4.74 Å². The van der Waals surface area contributed by atoms with Gasteiger partial charge in [0.25, 0.3) is 5.91 Å². The van der Waals surface area contributed by atoms with Gasteiger partial charge in [0, 0.05) is 36.6 Å². The number of rotatable bonds is 8. The number of hydrogen-bond donors (Lipinski definition) is 0. The van der Waals surface area contributed by atoms with Gasteiger partial charge < -0.3 is 9.64 Å². The highest BCUT2D eigenvalue weighted by Gasteiger charge is 2.52. The van der Waals surface area contributed by atoms with Gasteiger partial charge in [-0.05, 0) is 24.8 Å². The van der Waals surface area contributed by atoms with E-state index < -0.39 is 23.7 Å². The molecule has 0 aliphatic carbocycles. The summed E-state index contributed by atoms with van der Waals surface area (Å²) >= 11 is 2.76. The van der Waals surface area contributed by atoms with Crippen LogP contribution in [0.1, 0.15) is 32.7 Å². The third-order valence-electron chi connectivity index (χ3n) is 6.54. The molecular weight excluding hydrogens is 482 g/mol. The van der Waals surface area contributed by atoms with Crippen LogP contribution in [-0.2, 0) is 14.3 Å². The van der Waals surface area contributed by atoms with Gasteiger partial charge in [0.2, 0.25) is 5.78 Å². The fraction of sp³-hybridized carbons (Fsp3) is 0.385. The molecule has 2 aromatic heterocycles. The quantitative estimate of drug-likeness (QED) is 0.261. The molecule has 2 saturated heterocycles. The minimum Gasteiger partial charge on any atom is -0.379 e. The van der Waals surface area contributed by atoms with Crippen molar-refractivity contribution in [1.82, 2.24) is 14.8 Å². The second kappa shape index (κ2) is 10.5. The number of thiazole rings is 1. The van der Waals surface area contributed by atoms with Crippen LogP contribution in [-0.4, -0.2) is 71.7 Å². The Morgan fingerprint density at radius 2 is 1.86 bits per heavy atom. The van der Waals surface area contributed by atoms with Gasteiger partial charge in [-0.25, -0.2) is 4.98 Å². The predicted molar refractivity (Wildman–Crippen MR) is 136 cm³/mol. The maximum absolute atomic E-state index is 13.8. The summed E-state index contributed by atoms with van der Waals surface area (Å²) in [5.74, 6) is -2.54. The summed E-state index contributed by atoms with van der Waals surface area (Å²) in [5.41, 5.74) is 1.52.